The molecule has 2 aliphatic carbocycles. The van der Waals surface area contributed by atoms with Crippen molar-refractivity contribution in [3.8, 4) is 5.75 Å². The molecule has 1 aromatic carbocycles. The van der Waals surface area contributed by atoms with Crippen LogP contribution in [-0.4, -0.2) is 6.10 Å². The molecular formula is C16H21ClO. The number of rotatable bonds is 2. The third kappa shape index (κ3) is 2.14. The molecule has 0 aromatic heterocycles. The molecule has 0 heterocycles. The van der Waals surface area contributed by atoms with Crippen LogP contribution in [0.15, 0.2) is 18.2 Å². The van der Waals surface area contributed by atoms with Crippen molar-refractivity contribution < 1.29 is 4.74 Å². The maximum absolute atomic E-state index is 6.19. The zero-order valence-corrected chi connectivity index (χ0v) is 12.2. The lowest BCUT2D eigenvalue weighted by molar-refractivity contribution is -0.132. The summed E-state index contributed by atoms with van der Waals surface area (Å²) in [5.41, 5.74) is 2.34. The summed E-state index contributed by atoms with van der Waals surface area (Å²) in [5.74, 6) is 0.848. The minimum absolute atomic E-state index is 0.376. The molecule has 2 aliphatic rings. The first-order chi connectivity index (χ1) is 8.38. The third-order valence-electron chi connectivity index (χ3n) is 4.41. The van der Waals surface area contributed by atoms with E-state index in [-0.39, 0.29) is 0 Å². The van der Waals surface area contributed by atoms with E-state index >= 15 is 0 Å². The molecule has 0 radical (unpaired) electrons. The fourth-order valence-electron chi connectivity index (χ4n) is 4.14. The van der Waals surface area contributed by atoms with Crippen molar-refractivity contribution in [1.82, 2.24) is 0 Å². The monoisotopic (exact) mass is 264 g/mol. The number of ether oxygens (including phenoxy) is 1. The van der Waals surface area contributed by atoms with Gasteiger partial charge in [-0.3, -0.25) is 0 Å². The third-order valence-corrected chi connectivity index (χ3v) is 4.70. The van der Waals surface area contributed by atoms with Crippen molar-refractivity contribution in [2.75, 3.05) is 0 Å². The zero-order chi connectivity index (χ0) is 13.0. The molecule has 0 atom stereocenters. The maximum Gasteiger partial charge on any atom is 0.138 e. The van der Waals surface area contributed by atoms with Gasteiger partial charge < -0.3 is 4.74 Å². The van der Waals surface area contributed by atoms with Crippen LogP contribution < -0.4 is 4.74 Å². The van der Waals surface area contributed by atoms with Crippen molar-refractivity contribution in [1.29, 1.82) is 0 Å². The SMILES string of the molecule is Cc1ccc(OC2CC3(C2)CC(C)(C)C3)c(Cl)c1. The van der Waals surface area contributed by atoms with Crippen LogP contribution in [0.1, 0.15) is 45.1 Å². The first-order valence-corrected chi connectivity index (χ1v) is 7.18. The van der Waals surface area contributed by atoms with Crippen molar-refractivity contribution in [3.63, 3.8) is 0 Å². The quantitative estimate of drug-likeness (QED) is 0.731. The van der Waals surface area contributed by atoms with Crippen molar-refractivity contribution >= 4 is 11.6 Å². The highest BCUT2D eigenvalue weighted by atomic mass is 35.5. The summed E-state index contributed by atoms with van der Waals surface area (Å²) in [4.78, 5) is 0. The van der Waals surface area contributed by atoms with Crippen LogP contribution in [0.3, 0.4) is 0 Å². The Labute approximate surface area is 114 Å². The molecule has 98 valence electrons. The van der Waals surface area contributed by atoms with Gasteiger partial charge >= 0.3 is 0 Å². The molecule has 1 aromatic rings. The predicted molar refractivity (Wildman–Crippen MR) is 75.3 cm³/mol. The smallest absolute Gasteiger partial charge is 0.138 e. The zero-order valence-electron chi connectivity index (χ0n) is 11.4. The Balaban J connectivity index is 1.57. The maximum atomic E-state index is 6.19. The van der Waals surface area contributed by atoms with Crippen LogP contribution in [0.2, 0.25) is 5.02 Å². The highest BCUT2D eigenvalue weighted by Crippen LogP contribution is 2.64. The first kappa shape index (κ1) is 12.3. The molecule has 18 heavy (non-hydrogen) atoms. The van der Waals surface area contributed by atoms with Crippen LogP contribution in [0.4, 0.5) is 0 Å². The fraction of sp³-hybridized carbons (Fsp3) is 0.625. The lowest BCUT2D eigenvalue weighted by atomic mass is 9.45. The molecule has 2 fully saturated rings. The molecule has 2 saturated carbocycles. The van der Waals surface area contributed by atoms with Gasteiger partial charge in [0.05, 0.1) is 11.1 Å². The minimum atomic E-state index is 0.376. The molecule has 3 rings (SSSR count). The van der Waals surface area contributed by atoms with E-state index in [1.807, 2.05) is 19.1 Å². The molecule has 0 bridgehead atoms. The lowest BCUT2D eigenvalue weighted by Gasteiger charge is -2.61. The van der Waals surface area contributed by atoms with E-state index in [9.17, 15) is 0 Å². The molecule has 1 nitrogen and oxygen atoms in total. The van der Waals surface area contributed by atoms with Crippen LogP contribution in [0, 0.1) is 17.8 Å². The predicted octanol–water partition coefficient (Wildman–Crippen LogP) is 5.00. The summed E-state index contributed by atoms with van der Waals surface area (Å²) in [6.07, 6.45) is 5.52. The summed E-state index contributed by atoms with van der Waals surface area (Å²) >= 11 is 6.19. The van der Waals surface area contributed by atoms with Crippen LogP contribution >= 0.6 is 11.6 Å². The van der Waals surface area contributed by atoms with Crippen molar-refractivity contribution in [3.05, 3.63) is 28.8 Å². The Morgan fingerprint density at radius 3 is 2.44 bits per heavy atom. The summed E-state index contributed by atoms with van der Waals surface area (Å²) in [6, 6.07) is 6.02. The van der Waals surface area contributed by atoms with Gasteiger partial charge in [-0.15, -0.1) is 0 Å². The Kier molecular flexibility index (Phi) is 2.68. The summed E-state index contributed by atoms with van der Waals surface area (Å²) in [7, 11) is 0. The van der Waals surface area contributed by atoms with Gasteiger partial charge in [0.15, 0.2) is 0 Å². The molecule has 0 aliphatic heterocycles. The standard InChI is InChI=1S/C16H21ClO/c1-11-4-5-14(13(17)6-11)18-12-7-16(8-12)9-15(2,3)10-16/h4-6,12H,7-10H2,1-3H3. The van der Waals surface area contributed by atoms with E-state index in [0.717, 1.165) is 10.8 Å². The number of halogens is 1. The van der Waals surface area contributed by atoms with Gasteiger partial charge in [-0.05, 0) is 61.1 Å². The Hall–Kier alpha value is -0.690. The number of aryl methyl sites for hydroxylation is 1. The highest BCUT2D eigenvalue weighted by molar-refractivity contribution is 6.32. The van der Waals surface area contributed by atoms with Gasteiger partial charge in [-0.25, -0.2) is 0 Å². The number of hydrogen-bond acceptors (Lipinski definition) is 1. The van der Waals surface area contributed by atoms with Crippen LogP contribution in [0.25, 0.3) is 0 Å². The molecule has 2 heteroatoms. The van der Waals surface area contributed by atoms with E-state index in [2.05, 4.69) is 19.9 Å². The second-order valence-corrected chi connectivity index (χ2v) is 7.51. The Bertz CT molecular complexity index is 462. The van der Waals surface area contributed by atoms with Crippen molar-refractivity contribution in [2.24, 2.45) is 10.8 Å². The van der Waals surface area contributed by atoms with Gasteiger partial charge in [0.2, 0.25) is 0 Å². The van der Waals surface area contributed by atoms with Gasteiger partial charge in [0.1, 0.15) is 5.75 Å². The van der Waals surface area contributed by atoms with Crippen molar-refractivity contribution in [2.45, 2.75) is 52.6 Å². The lowest BCUT2D eigenvalue weighted by Crippen LogP contribution is -2.55. The van der Waals surface area contributed by atoms with E-state index in [4.69, 9.17) is 16.3 Å². The molecular weight excluding hydrogens is 244 g/mol. The Morgan fingerprint density at radius 1 is 1.22 bits per heavy atom. The number of benzene rings is 1. The molecule has 0 unspecified atom stereocenters. The van der Waals surface area contributed by atoms with Gasteiger partial charge in [-0.2, -0.15) is 0 Å². The summed E-state index contributed by atoms with van der Waals surface area (Å²) < 4.78 is 6.00. The largest absolute Gasteiger partial charge is 0.489 e. The minimum Gasteiger partial charge on any atom is -0.489 e. The molecule has 0 amide bonds. The first-order valence-electron chi connectivity index (χ1n) is 6.80. The van der Waals surface area contributed by atoms with Gasteiger partial charge in [-0.1, -0.05) is 31.5 Å². The molecule has 1 spiro atoms. The Morgan fingerprint density at radius 2 is 1.89 bits per heavy atom. The normalized spacial score (nSPS) is 24.4. The fourth-order valence-corrected chi connectivity index (χ4v) is 4.42. The molecule has 0 saturated heterocycles. The molecule has 0 N–H and O–H groups in total. The number of hydrogen-bond donors (Lipinski definition) is 0. The van der Waals surface area contributed by atoms with E-state index < -0.39 is 0 Å². The summed E-state index contributed by atoms with van der Waals surface area (Å²) in [6.45, 7) is 6.77. The van der Waals surface area contributed by atoms with Gasteiger partial charge in [0, 0.05) is 0 Å². The van der Waals surface area contributed by atoms with E-state index in [0.29, 0.717) is 16.9 Å². The average molecular weight is 265 g/mol. The highest BCUT2D eigenvalue weighted by Gasteiger charge is 2.56. The van der Waals surface area contributed by atoms with Gasteiger partial charge in [0.25, 0.3) is 0 Å². The average Bonchev–Trinajstić information content (AvgIpc) is 2.16. The van der Waals surface area contributed by atoms with Crippen LogP contribution in [0.5, 0.6) is 5.75 Å². The second kappa shape index (κ2) is 3.90. The van der Waals surface area contributed by atoms with E-state index in [1.165, 1.54) is 31.2 Å². The van der Waals surface area contributed by atoms with Crippen LogP contribution in [-0.2, 0) is 0 Å². The second-order valence-electron chi connectivity index (χ2n) is 7.10. The summed E-state index contributed by atoms with van der Waals surface area (Å²) in [5, 5.41) is 0.741. The van der Waals surface area contributed by atoms with E-state index in [1.54, 1.807) is 0 Å². The topological polar surface area (TPSA) is 9.23 Å².